The predicted molar refractivity (Wildman–Crippen MR) is 66.2 cm³/mol. The van der Waals surface area contributed by atoms with Gasteiger partial charge in [-0.15, -0.1) is 0 Å². The van der Waals surface area contributed by atoms with E-state index in [2.05, 4.69) is 0 Å². The van der Waals surface area contributed by atoms with Crippen molar-refractivity contribution in [3.8, 4) is 11.5 Å². The molecule has 2 rings (SSSR count). The first kappa shape index (κ1) is 13.0. The lowest BCUT2D eigenvalue weighted by atomic mass is 10.0. The van der Waals surface area contributed by atoms with E-state index < -0.39 is 12.0 Å². The van der Waals surface area contributed by atoms with Crippen LogP contribution >= 0.6 is 11.6 Å². The summed E-state index contributed by atoms with van der Waals surface area (Å²) in [6.45, 7) is 1.13. The van der Waals surface area contributed by atoms with E-state index in [9.17, 15) is 4.79 Å². The molecule has 0 amide bonds. The zero-order valence-electron chi connectivity index (χ0n) is 9.69. The third kappa shape index (κ3) is 2.86. The summed E-state index contributed by atoms with van der Waals surface area (Å²) in [5, 5.41) is 9.14. The fourth-order valence-electron chi connectivity index (χ4n) is 1.78. The minimum Gasteiger partial charge on any atom is -0.490 e. The number of halogens is 1. The minimum absolute atomic E-state index is 0.181. The highest BCUT2D eigenvalue weighted by Crippen LogP contribution is 2.37. The van der Waals surface area contributed by atoms with E-state index in [1.165, 1.54) is 0 Å². The van der Waals surface area contributed by atoms with Gasteiger partial charge in [0.25, 0.3) is 0 Å². The molecule has 1 aromatic carbocycles. The highest BCUT2D eigenvalue weighted by atomic mass is 35.5. The minimum atomic E-state index is -0.967. The summed E-state index contributed by atoms with van der Waals surface area (Å²) in [4.78, 5) is 10.7. The molecule has 1 unspecified atom stereocenters. The fourth-order valence-corrected chi connectivity index (χ4v) is 2.08. The normalized spacial score (nSPS) is 15.9. The second-order valence-corrected chi connectivity index (χ2v) is 4.48. The quantitative estimate of drug-likeness (QED) is 0.878. The van der Waals surface area contributed by atoms with Crippen molar-refractivity contribution < 1.29 is 19.4 Å². The highest BCUT2D eigenvalue weighted by Gasteiger charge is 2.19. The number of benzene rings is 1. The summed E-state index contributed by atoms with van der Waals surface area (Å²) in [6.07, 6.45) is 0.613. The van der Waals surface area contributed by atoms with Gasteiger partial charge in [-0.25, -0.2) is 0 Å². The fraction of sp³-hybridized carbons (Fsp3) is 0.417. The van der Waals surface area contributed by atoms with Gasteiger partial charge in [0.2, 0.25) is 0 Å². The van der Waals surface area contributed by atoms with Crippen molar-refractivity contribution in [3.63, 3.8) is 0 Å². The first-order valence-electron chi connectivity index (χ1n) is 5.64. The van der Waals surface area contributed by atoms with E-state index >= 15 is 0 Å². The Hall–Kier alpha value is -1.46. The van der Waals surface area contributed by atoms with Crippen molar-refractivity contribution in [1.82, 2.24) is 0 Å². The molecule has 1 aliphatic heterocycles. The molecule has 1 heterocycles. The largest absolute Gasteiger partial charge is 0.490 e. The molecule has 1 aromatic rings. The van der Waals surface area contributed by atoms with Gasteiger partial charge in [0.05, 0.1) is 19.6 Å². The zero-order valence-corrected chi connectivity index (χ0v) is 10.4. The monoisotopic (exact) mass is 271 g/mol. The van der Waals surface area contributed by atoms with E-state index in [0.29, 0.717) is 35.3 Å². The molecule has 3 N–H and O–H groups in total. The molecule has 1 aliphatic rings. The second kappa shape index (κ2) is 5.46. The van der Waals surface area contributed by atoms with Crippen molar-refractivity contribution in [2.75, 3.05) is 13.2 Å². The summed E-state index contributed by atoms with van der Waals surface area (Å²) in [5.41, 5.74) is 6.37. The van der Waals surface area contributed by atoms with Crippen LogP contribution < -0.4 is 15.2 Å². The van der Waals surface area contributed by atoms with Crippen molar-refractivity contribution in [2.45, 2.75) is 18.9 Å². The van der Waals surface area contributed by atoms with Gasteiger partial charge in [0, 0.05) is 23.6 Å². The summed E-state index contributed by atoms with van der Waals surface area (Å²) < 4.78 is 11.0. The molecule has 0 aromatic heterocycles. The number of aliphatic carboxylic acids is 1. The molecule has 0 fully saturated rings. The highest BCUT2D eigenvalue weighted by molar-refractivity contribution is 6.31. The Morgan fingerprint density at radius 1 is 1.39 bits per heavy atom. The Labute approximate surface area is 109 Å². The van der Waals surface area contributed by atoms with Crippen molar-refractivity contribution in [1.29, 1.82) is 0 Å². The number of fused-ring (bicyclic) bond motifs is 1. The molecule has 0 saturated carbocycles. The Bertz CT molecular complexity index is 464. The third-order valence-corrected chi connectivity index (χ3v) is 2.99. The van der Waals surface area contributed by atoms with Gasteiger partial charge in [0.15, 0.2) is 11.5 Å². The standard InChI is InChI=1S/C12H14ClNO4/c13-8-5-11-10(17-2-1-3-18-11)4-7(8)9(14)6-12(15)16/h4-5,9H,1-3,6,14H2,(H,15,16). The number of carboxylic acid groups (broad SMARTS) is 1. The molecule has 0 bridgehead atoms. The van der Waals surface area contributed by atoms with Gasteiger partial charge in [0.1, 0.15) is 0 Å². The third-order valence-electron chi connectivity index (χ3n) is 2.66. The van der Waals surface area contributed by atoms with E-state index in [-0.39, 0.29) is 6.42 Å². The zero-order chi connectivity index (χ0) is 13.1. The predicted octanol–water partition coefficient (Wildman–Crippen LogP) is 1.98. The van der Waals surface area contributed by atoms with Crippen LogP contribution in [0.5, 0.6) is 11.5 Å². The Balaban J connectivity index is 2.31. The molecule has 98 valence electrons. The van der Waals surface area contributed by atoms with Crippen LogP contribution in [0.25, 0.3) is 0 Å². The smallest absolute Gasteiger partial charge is 0.305 e. The molecule has 0 spiro atoms. The number of carboxylic acids is 1. The summed E-state index contributed by atoms with van der Waals surface area (Å²) in [6, 6.07) is 2.63. The van der Waals surface area contributed by atoms with Crippen LogP contribution in [0.2, 0.25) is 5.02 Å². The number of rotatable bonds is 3. The lowest BCUT2D eigenvalue weighted by molar-refractivity contribution is -0.137. The maximum absolute atomic E-state index is 10.7. The number of hydrogen-bond acceptors (Lipinski definition) is 4. The molecular formula is C12H14ClNO4. The SMILES string of the molecule is NC(CC(=O)O)c1cc2c(cc1Cl)OCCCO2. The number of hydrogen-bond donors (Lipinski definition) is 2. The first-order chi connectivity index (χ1) is 8.58. The van der Waals surface area contributed by atoms with Gasteiger partial charge in [-0.2, -0.15) is 0 Å². The van der Waals surface area contributed by atoms with Crippen LogP contribution in [0, 0.1) is 0 Å². The Morgan fingerprint density at radius 2 is 2.00 bits per heavy atom. The van der Waals surface area contributed by atoms with Crippen LogP contribution in [0.15, 0.2) is 12.1 Å². The van der Waals surface area contributed by atoms with Gasteiger partial charge in [-0.05, 0) is 11.6 Å². The van der Waals surface area contributed by atoms with E-state index in [1.807, 2.05) is 0 Å². The molecule has 18 heavy (non-hydrogen) atoms. The topological polar surface area (TPSA) is 81.8 Å². The maximum Gasteiger partial charge on any atom is 0.305 e. The molecule has 0 saturated heterocycles. The van der Waals surface area contributed by atoms with Crippen molar-refractivity contribution >= 4 is 17.6 Å². The molecule has 1 atom stereocenters. The summed E-state index contributed by atoms with van der Waals surface area (Å²) in [5.74, 6) is 0.169. The summed E-state index contributed by atoms with van der Waals surface area (Å²) in [7, 11) is 0. The van der Waals surface area contributed by atoms with Gasteiger partial charge in [-0.3, -0.25) is 4.79 Å². The Morgan fingerprint density at radius 3 is 2.61 bits per heavy atom. The second-order valence-electron chi connectivity index (χ2n) is 4.08. The van der Waals surface area contributed by atoms with E-state index in [0.717, 1.165) is 6.42 Å². The van der Waals surface area contributed by atoms with Gasteiger partial charge >= 0.3 is 5.97 Å². The van der Waals surface area contributed by atoms with Crippen LogP contribution in [0.1, 0.15) is 24.4 Å². The molecule has 5 nitrogen and oxygen atoms in total. The van der Waals surface area contributed by atoms with Crippen LogP contribution in [0.4, 0.5) is 0 Å². The number of nitrogens with two attached hydrogens (primary N) is 1. The Kier molecular flexibility index (Phi) is 3.93. The average Bonchev–Trinajstić information content (AvgIpc) is 2.51. The molecule has 6 heteroatoms. The molecule has 0 aliphatic carbocycles. The van der Waals surface area contributed by atoms with Crippen molar-refractivity contribution in [2.24, 2.45) is 5.73 Å². The van der Waals surface area contributed by atoms with Gasteiger partial charge in [-0.1, -0.05) is 11.6 Å². The van der Waals surface area contributed by atoms with Crippen LogP contribution in [0.3, 0.4) is 0 Å². The maximum atomic E-state index is 10.7. The van der Waals surface area contributed by atoms with Crippen LogP contribution in [-0.4, -0.2) is 24.3 Å². The van der Waals surface area contributed by atoms with Crippen LogP contribution in [-0.2, 0) is 4.79 Å². The number of ether oxygens (including phenoxy) is 2. The van der Waals surface area contributed by atoms with E-state index in [4.69, 9.17) is 31.9 Å². The average molecular weight is 272 g/mol. The number of carbonyl (C=O) groups is 1. The van der Waals surface area contributed by atoms with E-state index in [1.54, 1.807) is 12.1 Å². The lowest BCUT2D eigenvalue weighted by Crippen LogP contribution is -2.15. The molecular weight excluding hydrogens is 258 g/mol. The lowest BCUT2D eigenvalue weighted by Gasteiger charge is -2.15. The van der Waals surface area contributed by atoms with Gasteiger partial charge < -0.3 is 20.3 Å². The summed E-state index contributed by atoms with van der Waals surface area (Å²) >= 11 is 6.08. The first-order valence-corrected chi connectivity index (χ1v) is 6.02. The van der Waals surface area contributed by atoms with Crippen molar-refractivity contribution in [3.05, 3.63) is 22.7 Å². The molecule has 0 radical (unpaired) electrons.